The fraction of sp³-hybridized carbons (Fsp3) is 0.500. The SMILES string of the molecule is Cc1ccc(O)c2c1C(C)CC2NC1CCC(=O)NC1=O. The van der Waals surface area contributed by atoms with Gasteiger partial charge in [0.2, 0.25) is 11.8 Å². The van der Waals surface area contributed by atoms with Gasteiger partial charge in [0.1, 0.15) is 5.75 Å². The summed E-state index contributed by atoms with van der Waals surface area (Å²) in [6, 6.07) is 3.23. The number of hydrogen-bond donors (Lipinski definition) is 3. The molecule has 0 radical (unpaired) electrons. The highest BCUT2D eigenvalue weighted by molar-refractivity contribution is 6.00. The molecule has 0 spiro atoms. The Bertz CT molecular complexity index is 612. The van der Waals surface area contributed by atoms with Crippen molar-refractivity contribution in [1.82, 2.24) is 10.6 Å². The number of rotatable bonds is 2. The maximum atomic E-state index is 11.9. The quantitative estimate of drug-likeness (QED) is 0.723. The van der Waals surface area contributed by atoms with E-state index in [4.69, 9.17) is 0 Å². The zero-order valence-corrected chi connectivity index (χ0v) is 12.3. The number of carbonyl (C=O) groups is 2. The van der Waals surface area contributed by atoms with Crippen LogP contribution in [0.4, 0.5) is 0 Å². The highest BCUT2D eigenvalue weighted by Crippen LogP contribution is 2.46. The van der Waals surface area contributed by atoms with Gasteiger partial charge in [-0.25, -0.2) is 0 Å². The van der Waals surface area contributed by atoms with Crippen molar-refractivity contribution >= 4 is 11.8 Å². The molecule has 1 aromatic rings. The van der Waals surface area contributed by atoms with Crippen LogP contribution in [0, 0.1) is 6.92 Å². The zero-order valence-electron chi connectivity index (χ0n) is 12.3. The molecule has 2 aliphatic rings. The van der Waals surface area contributed by atoms with Crippen LogP contribution in [0.5, 0.6) is 5.75 Å². The van der Waals surface area contributed by atoms with E-state index in [1.807, 2.05) is 13.0 Å². The minimum atomic E-state index is -0.370. The van der Waals surface area contributed by atoms with Crippen molar-refractivity contribution in [3.05, 3.63) is 28.8 Å². The van der Waals surface area contributed by atoms with Crippen LogP contribution in [0.2, 0.25) is 0 Å². The number of aryl methyl sites for hydroxylation is 1. The molecular weight excluding hydrogens is 268 g/mol. The molecule has 1 heterocycles. The molecule has 5 heteroatoms. The topological polar surface area (TPSA) is 78.4 Å². The van der Waals surface area contributed by atoms with Gasteiger partial charge in [-0.05, 0) is 42.9 Å². The molecule has 112 valence electrons. The van der Waals surface area contributed by atoms with Crippen LogP contribution in [-0.4, -0.2) is 23.0 Å². The first-order valence-corrected chi connectivity index (χ1v) is 7.39. The van der Waals surface area contributed by atoms with E-state index in [0.717, 1.165) is 12.0 Å². The number of amides is 2. The van der Waals surface area contributed by atoms with Gasteiger partial charge >= 0.3 is 0 Å². The molecule has 3 unspecified atom stereocenters. The molecule has 1 aliphatic heterocycles. The smallest absolute Gasteiger partial charge is 0.243 e. The molecule has 3 rings (SSSR count). The number of carbonyl (C=O) groups excluding carboxylic acids is 2. The Hall–Kier alpha value is -1.88. The molecule has 3 N–H and O–H groups in total. The van der Waals surface area contributed by atoms with Crippen LogP contribution >= 0.6 is 0 Å². The minimum Gasteiger partial charge on any atom is -0.508 e. The van der Waals surface area contributed by atoms with Crippen LogP contribution in [0.25, 0.3) is 0 Å². The number of aromatic hydroxyl groups is 1. The second-order valence-electron chi connectivity index (χ2n) is 6.09. The lowest BCUT2D eigenvalue weighted by Gasteiger charge is -2.26. The number of imide groups is 1. The van der Waals surface area contributed by atoms with Crippen LogP contribution < -0.4 is 10.6 Å². The third-order valence-corrected chi connectivity index (χ3v) is 4.55. The van der Waals surface area contributed by atoms with Crippen molar-refractivity contribution in [3.63, 3.8) is 0 Å². The summed E-state index contributed by atoms with van der Waals surface area (Å²) in [4.78, 5) is 23.1. The van der Waals surface area contributed by atoms with Gasteiger partial charge in [-0.3, -0.25) is 20.2 Å². The third kappa shape index (κ3) is 2.42. The van der Waals surface area contributed by atoms with Crippen molar-refractivity contribution in [2.45, 2.75) is 51.1 Å². The predicted molar refractivity (Wildman–Crippen MR) is 77.9 cm³/mol. The number of phenols is 1. The first-order valence-electron chi connectivity index (χ1n) is 7.39. The molecule has 1 fully saturated rings. The summed E-state index contributed by atoms with van der Waals surface area (Å²) in [6.45, 7) is 4.18. The summed E-state index contributed by atoms with van der Waals surface area (Å²) < 4.78 is 0. The van der Waals surface area contributed by atoms with Gasteiger partial charge in [0.15, 0.2) is 0 Å². The molecular formula is C16H20N2O3. The van der Waals surface area contributed by atoms with Gasteiger partial charge in [0.05, 0.1) is 6.04 Å². The fourth-order valence-electron chi connectivity index (χ4n) is 3.59. The number of piperidine rings is 1. The Balaban J connectivity index is 1.85. The van der Waals surface area contributed by atoms with E-state index in [9.17, 15) is 14.7 Å². The Labute approximate surface area is 123 Å². The van der Waals surface area contributed by atoms with Crippen LogP contribution in [0.15, 0.2) is 12.1 Å². The lowest BCUT2D eigenvalue weighted by Crippen LogP contribution is -2.51. The van der Waals surface area contributed by atoms with E-state index in [2.05, 4.69) is 17.6 Å². The van der Waals surface area contributed by atoms with Crippen molar-refractivity contribution < 1.29 is 14.7 Å². The Morgan fingerprint density at radius 2 is 2.00 bits per heavy atom. The largest absolute Gasteiger partial charge is 0.508 e. The second-order valence-corrected chi connectivity index (χ2v) is 6.09. The fourth-order valence-corrected chi connectivity index (χ4v) is 3.59. The van der Waals surface area contributed by atoms with Gasteiger partial charge in [-0.1, -0.05) is 13.0 Å². The van der Waals surface area contributed by atoms with E-state index in [1.54, 1.807) is 6.07 Å². The van der Waals surface area contributed by atoms with E-state index >= 15 is 0 Å². The highest BCUT2D eigenvalue weighted by atomic mass is 16.3. The normalized spacial score (nSPS) is 28.4. The van der Waals surface area contributed by atoms with Crippen LogP contribution in [-0.2, 0) is 9.59 Å². The summed E-state index contributed by atoms with van der Waals surface area (Å²) in [5.74, 6) is 0.152. The number of fused-ring (bicyclic) bond motifs is 1. The summed E-state index contributed by atoms with van der Waals surface area (Å²) in [5, 5.41) is 15.9. The summed E-state index contributed by atoms with van der Waals surface area (Å²) >= 11 is 0. The molecule has 5 nitrogen and oxygen atoms in total. The van der Waals surface area contributed by atoms with Gasteiger partial charge in [0.25, 0.3) is 0 Å². The van der Waals surface area contributed by atoms with E-state index in [-0.39, 0.29) is 29.6 Å². The molecule has 3 atom stereocenters. The van der Waals surface area contributed by atoms with Crippen molar-refractivity contribution in [2.24, 2.45) is 0 Å². The summed E-state index contributed by atoms with van der Waals surface area (Å²) in [5.41, 5.74) is 3.26. The van der Waals surface area contributed by atoms with Crippen LogP contribution in [0.1, 0.15) is 54.8 Å². The molecule has 1 aromatic carbocycles. The number of benzene rings is 1. The van der Waals surface area contributed by atoms with Crippen molar-refractivity contribution in [3.8, 4) is 5.75 Å². The Morgan fingerprint density at radius 1 is 1.24 bits per heavy atom. The number of hydrogen-bond acceptors (Lipinski definition) is 4. The van der Waals surface area contributed by atoms with Gasteiger partial charge < -0.3 is 5.11 Å². The van der Waals surface area contributed by atoms with Crippen molar-refractivity contribution in [2.75, 3.05) is 0 Å². The molecule has 0 bridgehead atoms. The monoisotopic (exact) mass is 288 g/mol. The van der Waals surface area contributed by atoms with E-state index in [1.165, 1.54) is 11.1 Å². The summed E-state index contributed by atoms with van der Waals surface area (Å²) in [6.07, 6.45) is 1.72. The minimum absolute atomic E-state index is 0.0427. The standard InChI is InChI=1S/C16H20N2O3/c1-8-3-5-12(19)15-11(7-9(2)14(8)15)17-10-4-6-13(20)18-16(10)21/h3,5,9-11,17,19H,4,6-7H2,1-2H3,(H,18,20,21). The van der Waals surface area contributed by atoms with Gasteiger partial charge in [-0.2, -0.15) is 0 Å². The zero-order chi connectivity index (χ0) is 15.1. The lowest BCUT2D eigenvalue weighted by molar-refractivity contribution is -0.134. The summed E-state index contributed by atoms with van der Waals surface area (Å²) in [7, 11) is 0. The lowest BCUT2D eigenvalue weighted by atomic mass is 9.97. The molecule has 2 amide bonds. The second kappa shape index (κ2) is 5.15. The average molecular weight is 288 g/mol. The highest BCUT2D eigenvalue weighted by Gasteiger charge is 2.36. The first-order chi connectivity index (χ1) is 9.97. The maximum absolute atomic E-state index is 11.9. The number of phenolic OH excluding ortho intramolecular Hbond substituents is 1. The molecule has 1 aliphatic carbocycles. The third-order valence-electron chi connectivity index (χ3n) is 4.55. The van der Waals surface area contributed by atoms with E-state index in [0.29, 0.717) is 18.8 Å². The first kappa shape index (κ1) is 14.1. The average Bonchev–Trinajstić information content (AvgIpc) is 2.75. The van der Waals surface area contributed by atoms with E-state index < -0.39 is 0 Å². The predicted octanol–water partition coefficient (Wildman–Crippen LogP) is 1.64. The molecule has 0 saturated carbocycles. The van der Waals surface area contributed by atoms with Crippen LogP contribution in [0.3, 0.4) is 0 Å². The van der Waals surface area contributed by atoms with Gasteiger partial charge in [0, 0.05) is 18.0 Å². The number of nitrogens with one attached hydrogen (secondary N) is 2. The maximum Gasteiger partial charge on any atom is 0.243 e. The molecule has 0 aromatic heterocycles. The molecule has 21 heavy (non-hydrogen) atoms. The Kier molecular flexibility index (Phi) is 3.45. The van der Waals surface area contributed by atoms with Crippen molar-refractivity contribution in [1.29, 1.82) is 0 Å². The molecule has 1 saturated heterocycles. The Morgan fingerprint density at radius 3 is 2.71 bits per heavy atom. The van der Waals surface area contributed by atoms with Gasteiger partial charge in [-0.15, -0.1) is 0 Å².